The van der Waals surface area contributed by atoms with Gasteiger partial charge in [-0.25, -0.2) is 8.42 Å². The van der Waals surface area contributed by atoms with E-state index in [0.29, 0.717) is 12.8 Å². The van der Waals surface area contributed by atoms with Crippen LogP contribution in [0.1, 0.15) is 18.4 Å². The lowest BCUT2D eigenvalue weighted by atomic mass is 10.1. The lowest BCUT2D eigenvalue weighted by Crippen LogP contribution is -2.37. The third-order valence-electron chi connectivity index (χ3n) is 4.26. The van der Waals surface area contributed by atoms with Crippen molar-refractivity contribution in [2.24, 2.45) is 0 Å². The standard InChI is InChI=1S/C16H20N2O4S2/c19-15(17-12-7-8-24(21,22)10-12)9-23-14-6-5-11-3-1-2-4-13(11)18-16(14)20/h1-4,12,14H,5-10H2,(H,17,19)(H,18,20)/t12-,14-/m0/s1. The number of nitrogens with one attached hydrogen (secondary N) is 2. The highest BCUT2D eigenvalue weighted by Crippen LogP contribution is 2.27. The molecule has 130 valence electrons. The predicted molar refractivity (Wildman–Crippen MR) is 94.8 cm³/mol. The van der Waals surface area contributed by atoms with Gasteiger partial charge in [0.15, 0.2) is 9.84 Å². The zero-order valence-electron chi connectivity index (χ0n) is 13.2. The van der Waals surface area contributed by atoms with Crippen molar-refractivity contribution >= 4 is 39.1 Å². The normalized spacial score (nSPS) is 25.4. The molecule has 0 radical (unpaired) electrons. The van der Waals surface area contributed by atoms with Gasteiger partial charge in [0.2, 0.25) is 11.8 Å². The van der Waals surface area contributed by atoms with Gasteiger partial charge in [-0.15, -0.1) is 11.8 Å². The topological polar surface area (TPSA) is 92.3 Å². The van der Waals surface area contributed by atoms with E-state index < -0.39 is 9.84 Å². The van der Waals surface area contributed by atoms with E-state index in [4.69, 9.17) is 0 Å². The van der Waals surface area contributed by atoms with E-state index in [1.807, 2.05) is 24.3 Å². The van der Waals surface area contributed by atoms with Gasteiger partial charge in [-0.2, -0.15) is 0 Å². The van der Waals surface area contributed by atoms with Crippen molar-refractivity contribution in [2.75, 3.05) is 22.6 Å². The molecular weight excluding hydrogens is 348 g/mol. The molecular formula is C16H20N2O4S2. The van der Waals surface area contributed by atoms with Crippen LogP contribution in [0.3, 0.4) is 0 Å². The van der Waals surface area contributed by atoms with Gasteiger partial charge in [-0.3, -0.25) is 9.59 Å². The smallest absolute Gasteiger partial charge is 0.237 e. The first kappa shape index (κ1) is 17.3. The van der Waals surface area contributed by atoms with Crippen LogP contribution in [0.2, 0.25) is 0 Å². The van der Waals surface area contributed by atoms with Gasteiger partial charge in [0.1, 0.15) is 0 Å². The number of carbonyl (C=O) groups is 2. The molecule has 2 heterocycles. The van der Waals surface area contributed by atoms with Crippen LogP contribution in [-0.2, 0) is 25.8 Å². The van der Waals surface area contributed by atoms with Crippen LogP contribution in [0.25, 0.3) is 0 Å². The molecule has 2 N–H and O–H groups in total. The third-order valence-corrected chi connectivity index (χ3v) is 7.31. The van der Waals surface area contributed by atoms with Crippen LogP contribution < -0.4 is 10.6 Å². The lowest BCUT2D eigenvalue weighted by molar-refractivity contribution is -0.119. The zero-order chi connectivity index (χ0) is 17.2. The van der Waals surface area contributed by atoms with E-state index in [9.17, 15) is 18.0 Å². The van der Waals surface area contributed by atoms with Crippen molar-refractivity contribution in [3.63, 3.8) is 0 Å². The molecule has 0 saturated carbocycles. The molecule has 1 fully saturated rings. The van der Waals surface area contributed by atoms with Crippen molar-refractivity contribution in [2.45, 2.75) is 30.6 Å². The average molecular weight is 368 g/mol. The van der Waals surface area contributed by atoms with Gasteiger partial charge in [0.05, 0.1) is 22.5 Å². The summed E-state index contributed by atoms with van der Waals surface area (Å²) in [7, 11) is -3.01. The first-order chi connectivity index (χ1) is 11.4. The fourth-order valence-electron chi connectivity index (χ4n) is 3.00. The van der Waals surface area contributed by atoms with Gasteiger partial charge < -0.3 is 10.6 Å². The van der Waals surface area contributed by atoms with E-state index >= 15 is 0 Å². The molecule has 3 rings (SSSR count). The molecule has 1 aromatic rings. The summed E-state index contributed by atoms with van der Waals surface area (Å²) in [4.78, 5) is 24.3. The molecule has 6 nitrogen and oxygen atoms in total. The summed E-state index contributed by atoms with van der Waals surface area (Å²) in [5.41, 5.74) is 1.95. The van der Waals surface area contributed by atoms with Crippen LogP contribution in [0.4, 0.5) is 5.69 Å². The Balaban J connectivity index is 1.50. The van der Waals surface area contributed by atoms with E-state index in [2.05, 4.69) is 10.6 Å². The van der Waals surface area contributed by atoms with E-state index in [-0.39, 0.29) is 40.4 Å². The number of thioether (sulfide) groups is 1. The zero-order valence-corrected chi connectivity index (χ0v) is 14.8. The molecule has 0 unspecified atom stereocenters. The number of aryl methyl sites for hydroxylation is 1. The Bertz CT molecular complexity index is 748. The second kappa shape index (κ2) is 7.14. The highest BCUT2D eigenvalue weighted by atomic mass is 32.2. The molecule has 0 bridgehead atoms. The van der Waals surface area contributed by atoms with Crippen LogP contribution in [0, 0.1) is 0 Å². The molecule has 2 atom stereocenters. The molecule has 8 heteroatoms. The summed E-state index contributed by atoms with van der Waals surface area (Å²) >= 11 is 1.31. The molecule has 2 aliphatic heterocycles. The molecule has 0 aliphatic carbocycles. The number of amides is 2. The molecule has 2 aliphatic rings. The molecule has 1 aromatic carbocycles. The monoisotopic (exact) mass is 368 g/mol. The lowest BCUT2D eigenvalue weighted by Gasteiger charge is -2.14. The predicted octanol–water partition coefficient (Wildman–Crippen LogP) is 0.976. The minimum Gasteiger partial charge on any atom is -0.352 e. The Kier molecular flexibility index (Phi) is 5.15. The maximum Gasteiger partial charge on any atom is 0.237 e. The van der Waals surface area contributed by atoms with Crippen LogP contribution in [-0.4, -0.2) is 48.8 Å². The molecule has 1 saturated heterocycles. The second-order valence-electron chi connectivity index (χ2n) is 6.15. The summed E-state index contributed by atoms with van der Waals surface area (Å²) in [6.45, 7) is 0. The Morgan fingerprint density at radius 2 is 2.08 bits per heavy atom. The summed E-state index contributed by atoms with van der Waals surface area (Å²) in [5.74, 6) is 0.0139. The number of para-hydroxylation sites is 1. The van der Waals surface area contributed by atoms with Gasteiger partial charge in [0, 0.05) is 11.7 Å². The summed E-state index contributed by atoms with van der Waals surface area (Å²) < 4.78 is 22.8. The number of benzene rings is 1. The van der Waals surface area contributed by atoms with Crippen molar-refractivity contribution in [3.8, 4) is 0 Å². The number of hydrogen-bond acceptors (Lipinski definition) is 5. The maximum atomic E-state index is 12.3. The first-order valence-electron chi connectivity index (χ1n) is 7.93. The molecule has 0 spiro atoms. The highest BCUT2D eigenvalue weighted by Gasteiger charge is 2.29. The Labute approximate surface area is 145 Å². The van der Waals surface area contributed by atoms with Crippen molar-refractivity contribution in [1.82, 2.24) is 5.32 Å². The Morgan fingerprint density at radius 1 is 1.29 bits per heavy atom. The fourth-order valence-corrected chi connectivity index (χ4v) is 5.61. The number of carbonyl (C=O) groups excluding carboxylic acids is 2. The maximum absolute atomic E-state index is 12.3. The van der Waals surface area contributed by atoms with Gasteiger partial charge in [0.25, 0.3) is 0 Å². The van der Waals surface area contributed by atoms with Crippen molar-refractivity contribution < 1.29 is 18.0 Å². The number of anilines is 1. The molecule has 2 amide bonds. The van der Waals surface area contributed by atoms with Crippen LogP contribution >= 0.6 is 11.8 Å². The van der Waals surface area contributed by atoms with Gasteiger partial charge in [-0.1, -0.05) is 18.2 Å². The van der Waals surface area contributed by atoms with E-state index in [1.54, 1.807) is 0 Å². The quantitative estimate of drug-likeness (QED) is 0.826. The van der Waals surface area contributed by atoms with E-state index in [1.165, 1.54) is 11.8 Å². The van der Waals surface area contributed by atoms with E-state index in [0.717, 1.165) is 17.7 Å². The summed E-state index contributed by atoms with van der Waals surface area (Å²) in [6, 6.07) is 7.41. The van der Waals surface area contributed by atoms with Gasteiger partial charge >= 0.3 is 0 Å². The number of hydrogen-bond donors (Lipinski definition) is 2. The third kappa shape index (κ3) is 4.30. The second-order valence-corrected chi connectivity index (χ2v) is 9.57. The minimum absolute atomic E-state index is 0.0165. The Hall–Kier alpha value is -1.54. The summed E-state index contributed by atoms with van der Waals surface area (Å²) in [6.07, 6.45) is 1.94. The fraction of sp³-hybridized carbons (Fsp3) is 0.500. The van der Waals surface area contributed by atoms with Crippen LogP contribution in [0.5, 0.6) is 0 Å². The van der Waals surface area contributed by atoms with Crippen molar-refractivity contribution in [1.29, 1.82) is 0 Å². The highest BCUT2D eigenvalue weighted by molar-refractivity contribution is 8.01. The Morgan fingerprint density at radius 3 is 2.83 bits per heavy atom. The number of sulfone groups is 1. The number of fused-ring (bicyclic) bond motifs is 1. The average Bonchev–Trinajstić information content (AvgIpc) is 2.77. The number of rotatable bonds is 4. The minimum atomic E-state index is -3.01. The summed E-state index contributed by atoms with van der Waals surface area (Å²) in [5, 5.41) is 5.38. The largest absolute Gasteiger partial charge is 0.352 e. The SMILES string of the molecule is O=C(CS[C@H]1CCc2ccccc2NC1=O)N[C@H]1CCS(=O)(=O)C1. The molecule has 0 aromatic heterocycles. The van der Waals surface area contributed by atoms with Crippen molar-refractivity contribution in [3.05, 3.63) is 29.8 Å². The first-order valence-corrected chi connectivity index (χ1v) is 10.8. The van der Waals surface area contributed by atoms with Crippen LogP contribution in [0.15, 0.2) is 24.3 Å². The van der Waals surface area contributed by atoms with Gasteiger partial charge in [-0.05, 0) is 30.9 Å². The molecule has 24 heavy (non-hydrogen) atoms.